The smallest absolute Gasteiger partial charge is 0.238 e. The van der Waals surface area contributed by atoms with E-state index in [1.807, 2.05) is 25.1 Å². The molecule has 3 aliphatic carbocycles. The summed E-state index contributed by atoms with van der Waals surface area (Å²) in [6.45, 7) is 5.20. The van der Waals surface area contributed by atoms with Crippen LogP contribution < -0.4 is 9.64 Å². The summed E-state index contributed by atoms with van der Waals surface area (Å²) in [5, 5.41) is 10.5. The molecule has 0 spiro atoms. The summed E-state index contributed by atoms with van der Waals surface area (Å²) in [6, 6.07) is 10.5. The van der Waals surface area contributed by atoms with Crippen molar-refractivity contribution < 1.29 is 29.0 Å². The van der Waals surface area contributed by atoms with Crippen molar-refractivity contribution in [2.24, 2.45) is 29.1 Å². The molecule has 212 valence electrons. The number of methoxy groups -OCH3 is 1. The summed E-state index contributed by atoms with van der Waals surface area (Å²) in [7, 11) is 1.42. The molecule has 9 heteroatoms. The first kappa shape index (κ1) is 28.2. The first-order valence-electron chi connectivity index (χ1n) is 13.6. The van der Waals surface area contributed by atoms with Gasteiger partial charge in [-0.1, -0.05) is 30.2 Å². The van der Waals surface area contributed by atoms with E-state index in [4.69, 9.17) is 16.3 Å². The lowest BCUT2D eigenvalue weighted by Crippen LogP contribution is -2.55. The lowest BCUT2D eigenvalue weighted by atomic mass is 9.46. The molecule has 1 saturated carbocycles. The highest BCUT2D eigenvalue weighted by Gasteiger charge is 2.64. The van der Waals surface area contributed by atoms with Crippen LogP contribution in [0.4, 0.5) is 5.69 Å². The molecule has 0 bridgehead atoms. The van der Waals surface area contributed by atoms with Crippen LogP contribution in [0, 0.1) is 32.7 Å². The number of allylic oxidation sites excluding steroid dienone is 4. The Balaban J connectivity index is 1.53. The minimum Gasteiger partial charge on any atom is -0.503 e. The molecule has 0 unspecified atom stereocenters. The van der Waals surface area contributed by atoms with Crippen LogP contribution in [0.2, 0.25) is 5.02 Å². The van der Waals surface area contributed by atoms with E-state index in [1.54, 1.807) is 38.1 Å². The van der Waals surface area contributed by atoms with Gasteiger partial charge in [-0.3, -0.25) is 24.1 Å². The number of ether oxygens (including phenoxy) is 1. The topological polar surface area (TPSA) is 101 Å². The van der Waals surface area contributed by atoms with Gasteiger partial charge in [-0.05, 0) is 108 Å². The van der Waals surface area contributed by atoms with Gasteiger partial charge in [0.15, 0.2) is 23.1 Å². The molecule has 7 nitrogen and oxygen atoms in total. The maximum atomic E-state index is 14.1. The van der Waals surface area contributed by atoms with Crippen LogP contribution in [0.15, 0.2) is 59.2 Å². The third-order valence-corrected chi connectivity index (χ3v) is 10.9. The molecule has 2 aromatic rings. The fourth-order valence-corrected chi connectivity index (χ4v) is 8.30. The van der Waals surface area contributed by atoms with Crippen molar-refractivity contribution in [2.45, 2.75) is 39.5 Å². The maximum Gasteiger partial charge on any atom is 0.238 e. The van der Waals surface area contributed by atoms with Gasteiger partial charge in [-0.2, -0.15) is 0 Å². The Morgan fingerprint density at radius 3 is 2.37 bits per heavy atom. The molecular weight excluding hydrogens is 657 g/mol. The third kappa shape index (κ3) is 3.89. The maximum absolute atomic E-state index is 14.1. The van der Waals surface area contributed by atoms with Crippen molar-refractivity contribution >= 4 is 63.3 Å². The minimum absolute atomic E-state index is 0.0611. The highest BCUT2D eigenvalue weighted by atomic mass is 127. The molecule has 1 aliphatic heterocycles. The number of anilines is 1. The number of imide groups is 1. The van der Waals surface area contributed by atoms with Crippen LogP contribution >= 0.6 is 34.2 Å². The minimum atomic E-state index is -1.15. The molecule has 2 amide bonds. The molecule has 1 N–H and O–H groups in total. The number of phenols is 1. The van der Waals surface area contributed by atoms with Crippen molar-refractivity contribution in [1.82, 2.24) is 0 Å². The molecule has 2 aromatic carbocycles. The van der Waals surface area contributed by atoms with E-state index in [-0.39, 0.29) is 46.3 Å². The van der Waals surface area contributed by atoms with E-state index in [9.17, 15) is 24.3 Å². The van der Waals surface area contributed by atoms with Crippen LogP contribution in [0.5, 0.6) is 11.5 Å². The lowest BCUT2D eigenvalue weighted by molar-refractivity contribution is -0.142. The van der Waals surface area contributed by atoms with Gasteiger partial charge >= 0.3 is 0 Å². The monoisotopic (exact) mass is 685 g/mol. The molecule has 0 aromatic heterocycles. The number of Topliss-reactive ketones (excluding diaryl/α,β-unsaturated/α-hetero) is 2. The number of rotatable bonds is 3. The number of amides is 2. The molecule has 0 radical (unpaired) electrons. The van der Waals surface area contributed by atoms with E-state index in [1.165, 1.54) is 12.0 Å². The molecule has 1 heterocycles. The first-order valence-corrected chi connectivity index (χ1v) is 15.0. The summed E-state index contributed by atoms with van der Waals surface area (Å²) in [6.07, 6.45) is 2.63. The Morgan fingerprint density at radius 1 is 1.02 bits per heavy atom. The average molecular weight is 686 g/mol. The zero-order chi connectivity index (χ0) is 29.5. The van der Waals surface area contributed by atoms with Crippen molar-refractivity contribution in [2.75, 3.05) is 12.0 Å². The molecule has 2 fully saturated rings. The molecular formula is C32H29ClINO6. The highest BCUT2D eigenvalue weighted by molar-refractivity contribution is 14.1. The van der Waals surface area contributed by atoms with Crippen molar-refractivity contribution in [3.8, 4) is 11.5 Å². The van der Waals surface area contributed by atoms with Gasteiger partial charge in [0.25, 0.3) is 0 Å². The number of hydrogen-bond donors (Lipinski definition) is 1. The molecule has 4 aliphatic rings. The lowest BCUT2D eigenvalue weighted by Gasteiger charge is -2.54. The standard InChI is InChI=1S/C32H29ClINO6/c1-14-15(2)29(38)32(3)22(27(14)36)13-21-19(26(32)16-11-23(33)28(37)24(12-16)41-4)9-10-20-25(21)31(40)35(30(20)39)18-7-5-17(34)6-8-18/h5-9,11-12,20-22,25-26,37H,10,13H2,1-4H3/t20-,21+,22-,25-,26-,32+/m0/s1. The molecule has 6 rings (SSSR count). The zero-order valence-electron chi connectivity index (χ0n) is 23.0. The zero-order valence-corrected chi connectivity index (χ0v) is 25.9. The van der Waals surface area contributed by atoms with Crippen LogP contribution in [-0.2, 0) is 19.2 Å². The van der Waals surface area contributed by atoms with Crippen LogP contribution in [-0.4, -0.2) is 35.6 Å². The number of phenolic OH excluding ortho intramolecular Hbond substituents is 1. The highest BCUT2D eigenvalue weighted by Crippen LogP contribution is 2.63. The van der Waals surface area contributed by atoms with E-state index in [2.05, 4.69) is 22.6 Å². The van der Waals surface area contributed by atoms with E-state index < -0.39 is 35.0 Å². The summed E-state index contributed by atoms with van der Waals surface area (Å²) in [4.78, 5) is 57.0. The van der Waals surface area contributed by atoms with Gasteiger partial charge in [0.1, 0.15) is 0 Å². The van der Waals surface area contributed by atoms with Gasteiger partial charge in [-0.25, -0.2) is 0 Å². The molecule has 1 saturated heterocycles. The molecule has 41 heavy (non-hydrogen) atoms. The second kappa shape index (κ2) is 9.80. The summed E-state index contributed by atoms with van der Waals surface area (Å²) >= 11 is 8.62. The Labute approximate surface area is 256 Å². The Bertz CT molecular complexity index is 1610. The Hall–Kier alpha value is -2.98. The van der Waals surface area contributed by atoms with Gasteiger partial charge in [0.05, 0.1) is 35.1 Å². The number of carbonyl (C=O) groups excluding carboxylic acids is 4. The first-order chi connectivity index (χ1) is 19.4. The fourth-order valence-electron chi connectivity index (χ4n) is 7.72. The van der Waals surface area contributed by atoms with Crippen LogP contribution in [0.3, 0.4) is 0 Å². The number of nitrogens with zero attached hydrogens (tertiary/aromatic N) is 1. The average Bonchev–Trinajstić information content (AvgIpc) is 3.21. The Morgan fingerprint density at radius 2 is 1.71 bits per heavy atom. The van der Waals surface area contributed by atoms with Crippen LogP contribution in [0.1, 0.15) is 45.1 Å². The van der Waals surface area contributed by atoms with Crippen molar-refractivity contribution in [3.05, 3.63) is 73.3 Å². The summed E-state index contributed by atoms with van der Waals surface area (Å²) in [5.74, 6) is -3.76. The van der Waals surface area contributed by atoms with E-state index in [0.717, 1.165) is 9.14 Å². The third-order valence-electron chi connectivity index (χ3n) is 9.86. The number of benzene rings is 2. The number of halogens is 2. The second-order valence-corrected chi connectivity index (χ2v) is 13.3. The van der Waals surface area contributed by atoms with Gasteiger partial charge in [0.2, 0.25) is 11.8 Å². The number of aromatic hydroxyl groups is 1. The predicted octanol–water partition coefficient (Wildman–Crippen LogP) is 6.01. The largest absolute Gasteiger partial charge is 0.503 e. The fraction of sp³-hybridized carbons (Fsp3) is 0.375. The quantitative estimate of drug-likeness (QED) is 0.242. The predicted molar refractivity (Wildman–Crippen MR) is 162 cm³/mol. The number of hydrogen-bond acceptors (Lipinski definition) is 6. The van der Waals surface area contributed by atoms with Crippen molar-refractivity contribution in [1.29, 1.82) is 0 Å². The van der Waals surface area contributed by atoms with Gasteiger partial charge < -0.3 is 9.84 Å². The van der Waals surface area contributed by atoms with Gasteiger partial charge in [-0.15, -0.1) is 0 Å². The van der Waals surface area contributed by atoms with Crippen LogP contribution in [0.25, 0.3) is 0 Å². The summed E-state index contributed by atoms with van der Waals surface area (Å²) in [5.41, 5.74) is 1.72. The van der Waals surface area contributed by atoms with Gasteiger partial charge in [0, 0.05) is 15.4 Å². The van der Waals surface area contributed by atoms with E-state index >= 15 is 0 Å². The number of fused-ring (bicyclic) bond motifs is 4. The molecule has 6 atom stereocenters. The Kier molecular flexibility index (Phi) is 6.73. The SMILES string of the molecule is COc1cc([C@H]2C3=CC[C@@H]4C(=O)N(c5ccc(I)cc5)C(=O)[C@@H]4[C@@H]3C[C@H]3C(=O)C(C)=C(C)C(=O)[C@@]23C)cc(Cl)c1O. The van der Waals surface area contributed by atoms with Crippen molar-refractivity contribution in [3.63, 3.8) is 0 Å². The second-order valence-electron chi connectivity index (χ2n) is 11.7. The number of ketones is 2. The summed E-state index contributed by atoms with van der Waals surface area (Å²) < 4.78 is 6.39. The number of carbonyl (C=O) groups is 4. The normalized spacial score (nSPS) is 31.1. The van der Waals surface area contributed by atoms with E-state index in [0.29, 0.717) is 28.8 Å².